The Hall–Kier alpha value is -1.35. The Morgan fingerprint density at radius 2 is 2.11 bits per heavy atom. The van der Waals surface area contributed by atoms with Crippen molar-refractivity contribution in [3.05, 3.63) is 29.3 Å². The number of Topliss-reactive ketones (excluding diaryl/α,β-unsaturated/α-hetero) is 1. The highest BCUT2D eigenvalue weighted by molar-refractivity contribution is 6.00. The summed E-state index contributed by atoms with van der Waals surface area (Å²) < 4.78 is 11.3. The summed E-state index contributed by atoms with van der Waals surface area (Å²) in [6.45, 7) is 6.98. The first-order chi connectivity index (χ1) is 8.97. The Morgan fingerprint density at radius 1 is 1.32 bits per heavy atom. The van der Waals surface area contributed by atoms with Gasteiger partial charge in [-0.05, 0) is 38.0 Å². The zero-order valence-electron chi connectivity index (χ0n) is 11.7. The van der Waals surface area contributed by atoms with E-state index in [1.807, 2.05) is 25.1 Å². The van der Waals surface area contributed by atoms with Gasteiger partial charge in [0.25, 0.3) is 0 Å². The molecule has 2 aliphatic rings. The van der Waals surface area contributed by atoms with Gasteiger partial charge in [-0.15, -0.1) is 0 Å². The zero-order chi connectivity index (χ0) is 13.6. The maximum Gasteiger partial charge on any atom is 0.191 e. The topological polar surface area (TPSA) is 35.5 Å². The van der Waals surface area contributed by atoms with E-state index in [2.05, 4.69) is 13.8 Å². The largest absolute Gasteiger partial charge is 0.492 e. The number of carbonyl (C=O) groups excluding carboxylic acids is 1. The molecule has 0 bridgehead atoms. The minimum absolute atomic E-state index is 0.0184. The van der Waals surface area contributed by atoms with Gasteiger partial charge in [0.2, 0.25) is 0 Å². The van der Waals surface area contributed by atoms with Crippen LogP contribution in [0.4, 0.5) is 0 Å². The molecular weight excluding hydrogens is 240 g/mol. The van der Waals surface area contributed by atoms with Crippen molar-refractivity contribution in [2.24, 2.45) is 0 Å². The fourth-order valence-corrected chi connectivity index (χ4v) is 2.86. The molecule has 1 saturated heterocycles. The summed E-state index contributed by atoms with van der Waals surface area (Å²) in [4.78, 5) is 12.4. The molecule has 2 unspecified atom stereocenters. The quantitative estimate of drug-likeness (QED) is 0.766. The molecule has 0 aromatic heterocycles. The van der Waals surface area contributed by atoms with E-state index in [0.717, 1.165) is 29.7 Å². The molecule has 102 valence electrons. The highest BCUT2D eigenvalue weighted by Crippen LogP contribution is 2.39. The normalized spacial score (nSPS) is 27.9. The van der Waals surface area contributed by atoms with Crippen LogP contribution in [0, 0.1) is 0 Å². The van der Waals surface area contributed by atoms with Crippen molar-refractivity contribution in [3.8, 4) is 5.75 Å². The van der Waals surface area contributed by atoms with E-state index in [1.165, 1.54) is 0 Å². The first-order valence-electron chi connectivity index (χ1n) is 6.94. The minimum Gasteiger partial charge on any atom is -0.492 e. The van der Waals surface area contributed by atoms with Crippen LogP contribution in [0.1, 0.15) is 49.5 Å². The maximum atomic E-state index is 12.4. The summed E-state index contributed by atoms with van der Waals surface area (Å²) in [5, 5.41) is 0. The monoisotopic (exact) mass is 260 g/mol. The SMILES string of the molecule is CC1CCC(C(=O)c2ccc3c(c2)C(C)(C)CO3)O1. The summed E-state index contributed by atoms with van der Waals surface area (Å²) in [7, 11) is 0. The highest BCUT2D eigenvalue weighted by Gasteiger charge is 2.34. The van der Waals surface area contributed by atoms with Crippen LogP contribution in [0.5, 0.6) is 5.75 Å². The molecule has 0 amide bonds. The number of ketones is 1. The lowest BCUT2D eigenvalue weighted by atomic mass is 9.85. The van der Waals surface area contributed by atoms with Crippen molar-refractivity contribution in [1.82, 2.24) is 0 Å². The van der Waals surface area contributed by atoms with E-state index in [-0.39, 0.29) is 23.4 Å². The number of hydrogen-bond donors (Lipinski definition) is 0. The van der Waals surface area contributed by atoms with Crippen LogP contribution in [0.25, 0.3) is 0 Å². The Bertz CT molecular complexity index is 519. The highest BCUT2D eigenvalue weighted by atomic mass is 16.5. The van der Waals surface area contributed by atoms with Crippen molar-refractivity contribution in [2.75, 3.05) is 6.61 Å². The summed E-state index contributed by atoms with van der Waals surface area (Å²) in [6, 6.07) is 5.75. The standard InChI is InChI=1S/C16H20O3/c1-10-4-6-14(19-10)15(17)11-5-7-13-12(8-11)16(2,3)9-18-13/h5,7-8,10,14H,4,6,9H2,1-3H3. The van der Waals surface area contributed by atoms with Crippen LogP contribution in [-0.4, -0.2) is 24.6 Å². The zero-order valence-corrected chi connectivity index (χ0v) is 11.7. The van der Waals surface area contributed by atoms with Crippen LogP contribution >= 0.6 is 0 Å². The fourth-order valence-electron chi connectivity index (χ4n) is 2.86. The molecule has 2 aliphatic heterocycles. The summed E-state index contributed by atoms with van der Waals surface area (Å²) >= 11 is 0. The van der Waals surface area contributed by atoms with Gasteiger partial charge in [-0.2, -0.15) is 0 Å². The molecule has 0 spiro atoms. The molecule has 0 saturated carbocycles. The molecule has 0 aliphatic carbocycles. The second-order valence-corrected chi connectivity index (χ2v) is 6.26. The molecule has 3 rings (SSSR count). The Balaban J connectivity index is 1.89. The van der Waals surface area contributed by atoms with Gasteiger partial charge in [0, 0.05) is 16.5 Å². The fraction of sp³-hybridized carbons (Fsp3) is 0.562. The van der Waals surface area contributed by atoms with Crippen LogP contribution < -0.4 is 4.74 Å². The lowest BCUT2D eigenvalue weighted by molar-refractivity contribution is 0.0433. The van der Waals surface area contributed by atoms with Crippen molar-refractivity contribution < 1.29 is 14.3 Å². The number of fused-ring (bicyclic) bond motifs is 1. The third kappa shape index (κ3) is 2.16. The molecule has 3 heteroatoms. The molecule has 0 radical (unpaired) electrons. The van der Waals surface area contributed by atoms with Gasteiger partial charge < -0.3 is 9.47 Å². The van der Waals surface area contributed by atoms with Crippen LogP contribution in [0.15, 0.2) is 18.2 Å². The van der Waals surface area contributed by atoms with Crippen molar-refractivity contribution in [3.63, 3.8) is 0 Å². The van der Waals surface area contributed by atoms with E-state index in [0.29, 0.717) is 6.61 Å². The van der Waals surface area contributed by atoms with Crippen LogP contribution in [-0.2, 0) is 10.2 Å². The number of benzene rings is 1. The smallest absolute Gasteiger partial charge is 0.191 e. The molecule has 1 fully saturated rings. The lowest BCUT2D eigenvalue weighted by Crippen LogP contribution is -2.22. The summed E-state index contributed by atoms with van der Waals surface area (Å²) in [5.74, 6) is 1.01. The second-order valence-electron chi connectivity index (χ2n) is 6.26. The second kappa shape index (κ2) is 4.34. The Kier molecular flexibility index (Phi) is 2.90. The first-order valence-corrected chi connectivity index (χ1v) is 6.94. The van der Waals surface area contributed by atoms with Gasteiger partial charge in [0.15, 0.2) is 5.78 Å². The average Bonchev–Trinajstić information content (AvgIpc) is 2.93. The van der Waals surface area contributed by atoms with E-state index in [1.54, 1.807) is 0 Å². The van der Waals surface area contributed by atoms with E-state index >= 15 is 0 Å². The molecule has 1 aromatic carbocycles. The van der Waals surface area contributed by atoms with Gasteiger partial charge in [-0.3, -0.25) is 4.79 Å². The average molecular weight is 260 g/mol. The Labute approximate surface area is 113 Å². The van der Waals surface area contributed by atoms with Gasteiger partial charge in [0.1, 0.15) is 11.9 Å². The summed E-state index contributed by atoms with van der Waals surface area (Å²) in [5.41, 5.74) is 1.86. The first kappa shape index (κ1) is 12.7. The summed E-state index contributed by atoms with van der Waals surface area (Å²) in [6.07, 6.45) is 1.73. The number of carbonyl (C=O) groups is 1. The van der Waals surface area contributed by atoms with Crippen LogP contribution in [0.2, 0.25) is 0 Å². The molecular formula is C16H20O3. The Morgan fingerprint density at radius 3 is 2.79 bits per heavy atom. The number of rotatable bonds is 2. The molecule has 19 heavy (non-hydrogen) atoms. The molecule has 2 atom stereocenters. The van der Waals surface area contributed by atoms with Gasteiger partial charge in [-0.25, -0.2) is 0 Å². The molecule has 2 heterocycles. The third-order valence-corrected chi connectivity index (χ3v) is 4.11. The predicted octanol–water partition coefficient (Wildman–Crippen LogP) is 3.11. The number of hydrogen-bond acceptors (Lipinski definition) is 3. The van der Waals surface area contributed by atoms with E-state index < -0.39 is 0 Å². The van der Waals surface area contributed by atoms with Crippen molar-refractivity contribution in [2.45, 2.75) is 51.2 Å². The van der Waals surface area contributed by atoms with Gasteiger partial charge >= 0.3 is 0 Å². The lowest BCUT2D eigenvalue weighted by Gasteiger charge is -2.16. The third-order valence-electron chi connectivity index (χ3n) is 4.11. The van der Waals surface area contributed by atoms with Gasteiger partial charge in [0.05, 0.1) is 12.7 Å². The molecule has 0 N–H and O–H groups in total. The van der Waals surface area contributed by atoms with Gasteiger partial charge in [-0.1, -0.05) is 13.8 Å². The molecule has 3 nitrogen and oxygen atoms in total. The van der Waals surface area contributed by atoms with Crippen molar-refractivity contribution >= 4 is 5.78 Å². The van der Waals surface area contributed by atoms with E-state index in [9.17, 15) is 4.79 Å². The number of ether oxygens (including phenoxy) is 2. The predicted molar refractivity (Wildman–Crippen MR) is 72.9 cm³/mol. The van der Waals surface area contributed by atoms with Crippen molar-refractivity contribution in [1.29, 1.82) is 0 Å². The minimum atomic E-state index is -0.265. The molecule has 1 aromatic rings. The van der Waals surface area contributed by atoms with Crippen LogP contribution in [0.3, 0.4) is 0 Å². The maximum absolute atomic E-state index is 12.4. The van der Waals surface area contributed by atoms with E-state index in [4.69, 9.17) is 9.47 Å².